The van der Waals surface area contributed by atoms with Crippen LogP contribution in [-0.4, -0.2) is 40.7 Å². The van der Waals surface area contributed by atoms with E-state index in [1.54, 1.807) is 25.4 Å². The van der Waals surface area contributed by atoms with Crippen molar-refractivity contribution in [2.75, 3.05) is 20.3 Å². The van der Waals surface area contributed by atoms with E-state index >= 15 is 0 Å². The molecule has 2 heterocycles. The van der Waals surface area contributed by atoms with Crippen molar-refractivity contribution in [2.45, 2.75) is 32.2 Å². The number of aryl methyl sites for hydroxylation is 2. The molecule has 1 amide bonds. The van der Waals surface area contributed by atoms with Crippen LogP contribution in [0.25, 0.3) is 11.0 Å². The molecule has 4 rings (SSSR count). The van der Waals surface area contributed by atoms with Crippen molar-refractivity contribution < 1.29 is 14.3 Å². The maximum atomic E-state index is 12.2. The third-order valence-electron chi connectivity index (χ3n) is 5.60. The Kier molecular flexibility index (Phi) is 8.11. The first-order valence-corrected chi connectivity index (χ1v) is 11.7. The van der Waals surface area contributed by atoms with Crippen LogP contribution in [0, 0.1) is 0 Å². The highest BCUT2D eigenvalue weighted by atomic mass is 16.5. The number of carbonyl (C=O) groups is 1. The molecule has 2 aromatic carbocycles. The Hall–Kier alpha value is -3.87. The lowest BCUT2D eigenvalue weighted by atomic mass is 10.2. The number of carbonyl (C=O) groups excluding carboxylic acids is 1. The van der Waals surface area contributed by atoms with Crippen molar-refractivity contribution in [1.29, 1.82) is 0 Å². The normalized spacial score (nSPS) is 10.9. The number of pyridine rings is 1. The van der Waals surface area contributed by atoms with E-state index in [1.165, 1.54) is 0 Å². The maximum Gasteiger partial charge on any atom is 0.269 e. The Morgan fingerprint density at radius 3 is 2.56 bits per heavy atom. The first kappa shape index (κ1) is 23.3. The van der Waals surface area contributed by atoms with Gasteiger partial charge in [-0.25, -0.2) is 4.98 Å². The third kappa shape index (κ3) is 5.92. The quantitative estimate of drug-likeness (QED) is 0.312. The van der Waals surface area contributed by atoms with Crippen LogP contribution < -0.4 is 14.8 Å². The van der Waals surface area contributed by atoms with Gasteiger partial charge in [0, 0.05) is 25.7 Å². The smallest absolute Gasteiger partial charge is 0.269 e. The second-order valence-corrected chi connectivity index (χ2v) is 7.95. The van der Waals surface area contributed by atoms with E-state index in [2.05, 4.69) is 20.9 Å². The standard InChI is InChI=1S/C27H30N4O3/c1-33-24-14-4-5-15-25(24)34-20-9-8-19-31-23-13-3-2-11-21(23)30-26(31)16-10-18-29-27(32)22-12-6-7-17-28-22/h2-7,11-15,17H,8-10,16,18-20H2,1H3,(H,29,32). The largest absolute Gasteiger partial charge is 0.493 e. The fourth-order valence-corrected chi connectivity index (χ4v) is 3.89. The minimum Gasteiger partial charge on any atom is -0.493 e. The molecule has 0 saturated carbocycles. The summed E-state index contributed by atoms with van der Waals surface area (Å²) >= 11 is 0. The van der Waals surface area contributed by atoms with Crippen LogP contribution in [-0.2, 0) is 13.0 Å². The number of hydrogen-bond acceptors (Lipinski definition) is 5. The van der Waals surface area contributed by atoms with Crippen LogP contribution in [0.1, 0.15) is 35.6 Å². The second kappa shape index (κ2) is 11.8. The minimum atomic E-state index is -0.149. The monoisotopic (exact) mass is 458 g/mol. The van der Waals surface area contributed by atoms with Crippen LogP contribution in [0.3, 0.4) is 0 Å². The Balaban J connectivity index is 1.29. The number of hydrogen-bond donors (Lipinski definition) is 1. The van der Waals surface area contributed by atoms with Crippen LogP contribution in [0.5, 0.6) is 11.5 Å². The molecule has 7 nitrogen and oxygen atoms in total. The highest BCUT2D eigenvalue weighted by molar-refractivity contribution is 5.92. The summed E-state index contributed by atoms with van der Waals surface area (Å²) in [6.45, 7) is 2.07. The third-order valence-corrected chi connectivity index (χ3v) is 5.60. The summed E-state index contributed by atoms with van der Waals surface area (Å²) in [5.74, 6) is 2.41. The van der Waals surface area contributed by atoms with Gasteiger partial charge in [0.25, 0.3) is 5.91 Å². The molecule has 0 bridgehead atoms. The van der Waals surface area contributed by atoms with Gasteiger partial charge in [0.2, 0.25) is 0 Å². The topological polar surface area (TPSA) is 78.3 Å². The SMILES string of the molecule is COc1ccccc1OCCCCn1c(CCCNC(=O)c2ccccn2)nc2ccccc21. The maximum absolute atomic E-state index is 12.2. The summed E-state index contributed by atoms with van der Waals surface area (Å²) in [5.41, 5.74) is 2.58. The van der Waals surface area contributed by atoms with Crippen LogP contribution >= 0.6 is 0 Å². The van der Waals surface area contributed by atoms with Gasteiger partial charge in [-0.2, -0.15) is 0 Å². The summed E-state index contributed by atoms with van der Waals surface area (Å²) in [6.07, 6.45) is 5.11. The number of nitrogens with one attached hydrogen (secondary N) is 1. The summed E-state index contributed by atoms with van der Waals surface area (Å²) in [7, 11) is 1.65. The van der Waals surface area contributed by atoms with E-state index in [0.717, 1.165) is 60.6 Å². The fourth-order valence-electron chi connectivity index (χ4n) is 3.89. The molecular weight excluding hydrogens is 428 g/mol. The zero-order valence-electron chi connectivity index (χ0n) is 19.4. The predicted molar refractivity (Wildman–Crippen MR) is 132 cm³/mol. The van der Waals surface area contributed by atoms with Crippen LogP contribution in [0.15, 0.2) is 72.9 Å². The number of imidazole rings is 1. The fraction of sp³-hybridized carbons (Fsp3) is 0.296. The lowest BCUT2D eigenvalue weighted by Crippen LogP contribution is -2.25. The van der Waals surface area contributed by atoms with E-state index in [1.807, 2.05) is 48.5 Å². The molecule has 7 heteroatoms. The van der Waals surface area contributed by atoms with E-state index in [-0.39, 0.29) is 5.91 Å². The molecule has 0 unspecified atom stereocenters. The number of unbranched alkanes of at least 4 members (excludes halogenated alkanes) is 1. The van der Waals surface area contributed by atoms with Gasteiger partial charge < -0.3 is 19.4 Å². The van der Waals surface area contributed by atoms with Gasteiger partial charge in [0.1, 0.15) is 11.5 Å². The summed E-state index contributed by atoms with van der Waals surface area (Å²) in [5, 5.41) is 2.94. The molecule has 0 aliphatic carbocycles. The minimum absolute atomic E-state index is 0.149. The number of para-hydroxylation sites is 4. The van der Waals surface area contributed by atoms with Gasteiger partial charge >= 0.3 is 0 Å². The van der Waals surface area contributed by atoms with Crippen LogP contribution in [0.4, 0.5) is 0 Å². The highest BCUT2D eigenvalue weighted by Crippen LogP contribution is 2.26. The highest BCUT2D eigenvalue weighted by Gasteiger charge is 2.11. The van der Waals surface area contributed by atoms with Gasteiger partial charge in [-0.3, -0.25) is 9.78 Å². The lowest BCUT2D eigenvalue weighted by molar-refractivity contribution is 0.0948. The molecule has 2 aromatic heterocycles. The van der Waals surface area contributed by atoms with Gasteiger partial charge in [-0.1, -0.05) is 30.3 Å². The molecular formula is C27H30N4O3. The molecule has 176 valence electrons. The van der Waals surface area contributed by atoms with Crippen molar-refractivity contribution in [2.24, 2.45) is 0 Å². The first-order chi connectivity index (χ1) is 16.8. The zero-order valence-corrected chi connectivity index (χ0v) is 19.4. The van der Waals surface area contributed by atoms with Crippen molar-refractivity contribution in [3.8, 4) is 11.5 Å². The van der Waals surface area contributed by atoms with E-state index in [4.69, 9.17) is 14.5 Å². The van der Waals surface area contributed by atoms with E-state index < -0.39 is 0 Å². The van der Waals surface area contributed by atoms with Crippen molar-refractivity contribution in [1.82, 2.24) is 19.9 Å². The molecule has 0 saturated heterocycles. The van der Waals surface area contributed by atoms with Gasteiger partial charge in [-0.15, -0.1) is 0 Å². The molecule has 0 aliphatic rings. The summed E-state index contributed by atoms with van der Waals surface area (Å²) in [6, 6.07) is 21.2. The molecule has 0 spiro atoms. The van der Waals surface area contributed by atoms with Gasteiger partial charge in [-0.05, 0) is 55.7 Å². The van der Waals surface area contributed by atoms with E-state index in [9.17, 15) is 4.79 Å². The molecule has 0 fully saturated rings. The number of aromatic nitrogens is 3. The number of methoxy groups -OCH3 is 1. The Bertz CT molecular complexity index is 1210. The molecule has 0 aliphatic heterocycles. The number of amides is 1. The van der Waals surface area contributed by atoms with Crippen molar-refractivity contribution >= 4 is 16.9 Å². The Morgan fingerprint density at radius 2 is 1.74 bits per heavy atom. The number of nitrogens with zero attached hydrogens (tertiary/aromatic N) is 3. The molecule has 1 N–H and O–H groups in total. The molecule has 0 atom stereocenters. The van der Waals surface area contributed by atoms with Crippen molar-refractivity contribution in [3.05, 3.63) is 84.4 Å². The molecule has 34 heavy (non-hydrogen) atoms. The van der Waals surface area contributed by atoms with Gasteiger partial charge in [0.15, 0.2) is 11.5 Å². The summed E-state index contributed by atoms with van der Waals surface area (Å²) in [4.78, 5) is 21.1. The Morgan fingerprint density at radius 1 is 0.941 bits per heavy atom. The predicted octanol–water partition coefficient (Wildman–Crippen LogP) is 4.66. The van der Waals surface area contributed by atoms with Crippen molar-refractivity contribution in [3.63, 3.8) is 0 Å². The lowest BCUT2D eigenvalue weighted by Gasteiger charge is -2.12. The Labute approximate surface area is 199 Å². The van der Waals surface area contributed by atoms with Gasteiger partial charge in [0.05, 0.1) is 24.8 Å². The first-order valence-electron chi connectivity index (χ1n) is 11.7. The van der Waals surface area contributed by atoms with E-state index in [0.29, 0.717) is 18.8 Å². The molecule has 4 aromatic rings. The number of rotatable bonds is 12. The average Bonchev–Trinajstić information content (AvgIpc) is 3.24. The molecule has 0 radical (unpaired) electrons. The summed E-state index contributed by atoms with van der Waals surface area (Å²) < 4.78 is 13.5. The van der Waals surface area contributed by atoms with Crippen LogP contribution in [0.2, 0.25) is 0 Å². The zero-order chi connectivity index (χ0) is 23.6. The number of fused-ring (bicyclic) bond motifs is 1. The number of ether oxygens (including phenoxy) is 2. The number of benzene rings is 2. The second-order valence-electron chi connectivity index (χ2n) is 7.95. The average molecular weight is 459 g/mol.